The van der Waals surface area contributed by atoms with Crippen LogP contribution in [0.3, 0.4) is 0 Å². The summed E-state index contributed by atoms with van der Waals surface area (Å²) >= 11 is 0. The number of aliphatic hydroxyl groups is 1. The second kappa shape index (κ2) is 14.8. The van der Waals surface area contributed by atoms with Crippen LogP contribution in [0, 0.1) is 5.92 Å². The Kier molecular flexibility index (Phi) is 11.9. The Morgan fingerprint density at radius 3 is 2.30 bits per heavy atom. The van der Waals surface area contributed by atoms with Gasteiger partial charge in [0.2, 0.25) is 21.8 Å². The maximum absolute atomic E-state index is 13.5. The third kappa shape index (κ3) is 8.13. The number of sulfonamides is 1. The number of piperidine rings is 1. The van der Waals surface area contributed by atoms with E-state index in [9.17, 15) is 23.1 Å². The summed E-state index contributed by atoms with van der Waals surface area (Å²) in [6.07, 6.45) is 1.06. The molecule has 0 saturated carbocycles. The number of carbonyl (C=O) groups is 2. The lowest BCUT2D eigenvalue weighted by molar-refractivity contribution is -0.166. The number of nitrogens with zero attached hydrogens (tertiary/aromatic N) is 2. The van der Waals surface area contributed by atoms with Gasteiger partial charge in [0, 0.05) is 39.4 Å². The fourth-order valence-corrected chi connectivity index (χ4v) is 6.17. The second-order valence-corrected chi connectivity index (χ2v) is 13.2. The lowest BCUT2D eigenvalue weighted by Gasteiger charge is -2.52. The molecule has 2 aliphatic rings. The van der Waals surface area contributed by atoms with Crippen LogP contribution < -0.4 is 19.5 Å². The van der Waals surface area contributed by atoms with Crippen molar-refractivity contribution in [2.75, 3.05) is 51.4 Å². The van der Waals surface area contributed by atoms with E-state index in [0.717, 1.165) is 11.8 Å². The zero-order valence-electron chi connectivity index (χ0n) is 25.7. The van der Waals surface area contributed by atoms with Gasteiger partial charge in [-0.15, -0.1) is 12.4 Å². The van der Waals surface area contributed by atoms with Gasteiger partial charge in [-0.25, -0.2) is 8.42 Å². The summed E-state index contributed by atoms with van der Waals surface area (Å²) in [4.78, 5) is 30.8. The third-order valence-electron chi connectivity index (χ3n) is 8.01. The van der Waals surface area contributed by atoms with E-state index in [-0.39, 0.29) is 36.7 Å². The third-order valence-corrected chi connectivity index (χ3v) is 8.62. The highest BCUT2D eigenvalue weighted by atomic mass is 35.5. The smallest absolute Gasteiger partial charge is 0.248 e. The molecule has 3 N–H and O–H groups in total. The monoisotopic (exact) mass is 654 g/mol. The first-order chi connectivity index (χ1) is 20.4. The topological polar surface area (TPSA) is 147 Å². The number of rotatable bonds is 12. The first-order valence-corrected chi connectivity index (χ1v) is 16.2. The molecule has 0 unspecified atom stereocenters. The molecule has 2 heterocycles. The Hall–Kier alpha value is -3.10. The van der Waals surface area contributed by atoms with Crippen molar-refractivity contribution < 1.29 is 37.3 Å². The number of halogens is 1. The van der Waals surface area contributed by atoms with Crippen molar-refractivity contribution >= 4 is 39.9 Å². The quantitative estimate of drug-likeness (QED) is 0.314. The molecular formula is C30H43ClN4O8S. The van der Waals surface area contributed by atoms with Crippen molar-refractivity contribution in [3.05, 3.63) is 48.0 Å². The number of benzene rings is 2. The van der Waals surface area contributed by atoms with E-state index in [1.165, 1.54) is 7.11 Å². The van der Waals surface area contributed by atoms with Crippen LogP contribution in [-0.2, 0) is 30.9 Å². The summed E-state index contributed by atoms with van der Waals surface area (Å²) in [5.74, 6) is 0.752. The molecule has 2 fully saturated rings. The van der Waals surface area contributed by atoms with Gasteiger partial charge in [0.05, 0.1) is 31.8 Å². The predicted octanol–water partition coefficient (Wildman–Crippen LogP) is 2.61. The highest BCUT2D eigenvalue weighted by Crippen LogP contribution is 2.36. The molecule has 2 aliphatic heterocycles. The van der Waals surface area contributed by atoms with Gasteiger partial charge in [-0.1, -0.05) is 26.0 Å². The van der Waals surface area contributed by atoms with Crippen LogP contribution in [0.5, 0.6) is 17.2 Å². The van der Waals surface area contributed by atoms with Gasteiger partial charge in [0.1, 0.15) is 17.3 Å². The van der Waals surface area contributed by atoms with Crippen LogP contribution in [0.4, 0.5) is 5.69 Å². The van der Waals surface area contributed by atoms with Crippen molar-refractivity contribution in [1.82, 2.24) is 15.1 Å². The highest BCUT2D eigenvalue weighted by molar-refractivity contribution is 7.92. The van der Waals surface area contributed by atoms with E-state index in [1.54, 1.807) is 30.2 Å². The van der Waals surface area contributed by atoms with Crippen LogP contribution in [0.1, 0.15) is 32.3 Å². The Morgan fingerprint density at radius 2 is 1.73 bits per heavy atom. The molecule has 1 spiro atoms. The van der Waals surface area contributed by atoms with Gasteiger partial charge in [0.25, 0.3) is 0 Å². The summed E-state index contributed by atoms with van der Waals surface area (Å²) in [5.41, 5.74) is 0.460. The molecule has 2 aromatic rings. The Labute approximate surface area is 265 Å². The number of piperazine rings is 1. The molecular weight excluding hydrogens is 612 g/mol. The zero-order chi connectivity index (χ0) is 31.4. The number of hydrogen-bond donors (Lipinski definition) is 3. The molecule has 0 aromatic heterocycles. The van der Waals surface area contributed by atoms with Crippen LogP contribution in [0.15, 0.2) is 42.5 Å². The molecule has 4 rings (SSSR count). The fourth-order valence-electron chi connectivity index (χ4n) is 5.62. The maximum Gasteiger partial charge on any atom is 0.248 e. The van der Waals surface area contributed by atoms with Crippen LogP contribution in [-0.4, -0.2) is 99.5 Å². The van der Waals surface area contributed by atoms with Crippen LogP contribution in [0.25, 0.3) is 0 Å². The minimum atomic E-state index is -3.42. The second-order valence-electron chi connectivity index (χ2n) is 11.5. The number of nitrogens with one attached hydrogen (secondary N) is 2. The van der Waals surface area contributed by atoms with E-state index in [4.69, 9.17) is 14.2 Å². The molecule has 44 heavy (non-hydrogen) atoms. The Morgan fingerprint density at radius 1 is 1.07 bits per heavy atom. The van der Waals surface area contributed by atoms with E-state index in [0.29, 0.717) is 62.0 Å². The molecule has 0 aliphatic carbocycles. The number of ether oxygens (including phenoxy) is 3. The van der Waals surface area contributed by atoms with Crippen LogP contribution in [0.2, 0.25) is 0 Å². The molecule has 2 saturated heterocycles. The van der Waals surface area contributed by atoms with Crippen molar-refractivity contribution in [3.8, 4) is 17.2 Å². The SMILES string of the molecule is COCCN1C(=O)[C@@H]([C@H](O)C(C)C)NC(=O)C12CCN(Cc1ccc(Oc3ccc(NS(C)(=O)=O)cc3OC)cc1)CC2.Cl. The van der Waals surface area contributed by atoms with Crippen molar-refractivity contribution in [1.29, 1.82) is 0 Å². The van der Waals surface area contributed by atoms with E-state index < -0.39 is 27.7 Å². The first-order valence-electron chi connectivity index (χ1n) is 14.3. The van der Waals surface area contributed by atoms with E-state index >= 15 is 0 Å². The lowest BCUT2D eigenvalue weighted by Crippen LogP contribution is -2.75. The lowest BCUT2D eigenvalue weighted by atomic mass is 9.80. The summed E-state index contributed by atoms with van der Waals surface area (Å²) in [6.45, 7) is 6.12. The number of anilines is 1. The number of methoxy groups -OCH3 is 2. The van der Waals surface area contributed by atoms with Gasteiger partial charge >= 0.3 is 0 Å². The first kappa shape index (κ1) is 35.4. The number of carbonyl (C=O) groups excluding carboxylic acids is 2. The minimum absolute atomic E-state index is 0. The largest absolute Gasteiger partial charge is 0.493 e. The standard InChI is InChI=1S/C30H42N4O8S.ClH/c1-20(2)27(35)26-28(36)34(16-17-40-3)30(29(37)31-26)12-14-33(15-13-30)19-21-6-9-23(10-7-21)42-24-11-8-22(18-25(24)41-4)32-43(5,38)39;/h6-11,18,20,26-27,32,35H,12-17,19H2,1-5H3,(H,31,37);1H/t26-,27-;/m1./s1. The van der Waals surface area contributed by atoms with Crippen molar-refractivity contribution in [2.45, 2.75) is 50.9 Å². The number of amides is 2. The average Bonchev–Trinajstić information content (AvgIpc) is 2.96. The predicted molar refractivity (Wildman–Crippen MR) is 169 cm³/mol. The van der Waals surface area contributed by atoms with Gasteiger partial charge in [-0.2, -0.15) is 0 Å². The number of likely N-dealkylation sites (tertiary alicyclic amines) is 1. The summed E-state index contributed by atoms with van der Waals surface area (Å²) in [6, 6.07) is 11.5. The molecule has 0 radical (unpaired) electrons. The minimum Gasteiger partial charge on any atom is -0.493 e. The normalized spacial score (nSPS) is 19.3. The molecule has 2 amide bonds. The summed E-state index contributed by atoms with van der Waals surface area (Å²) in [7, 11) is -0.378. The average molecular weight is 655 g/mol. The fraction of sp³-hybridized carbons (Fsp3) is 0.533. The summed E-state index contributed by atoms with van der Waals surface area (Å²) < 4.78 is 42.1. The molecule has 2 atom stereocenters. The summed E-state index contributed by atoms with van der Waals surface area (Å²) in [5, 5.41) is 13.4. The van der Waals surface area contributed by atoms with Gasteiger partial charge < -0.3 is 29.5 Å². The number of aliphatic hydroxyl groups excluding tert-OH is 1. The van der Waals surface area contributed by atoms with Crippen molar-refractivity contribution in [3.63, 3.8) is 0 Å². The Balaban J connectivity index is 0.00000529. The number of hydrogen-bond acceptors (Lipinski definition) is 9. The molecule has 12 nitrogen and oxygen atoms in total. The Bertz CT molecular complexity index is 1400. The van der Waals surface area contributed by atoms with Crippen LogP contribution >= 0.6 is 12.4 Å². The van der Waals surface area contributed by atoms with Crippen molar-refractivity contribution in [2.24, 2.45) is 5.92 Å². The zero-order valence-corrected chi connectivity index (χ0v) is 27.4. The van der Waals surface area contributed by atoms with E-state index in [1.807, 2.05) is 38.1 Å². The highest BCUT2D eigenvalue weighted by Gasteiger charge is 2.54. The molecule has 14 heteroatoms. The molecule has 0 bridgehead atoms. The van der Waals surface area contributed by atoms with Gasteiger partial charge in [0.15, 0.2) is 11.5 Å². The maximum atomic E-state index is 13.5. The molecule has 244 valence electrons. The molecule has 2 aromatic carbocycles. The van der Waals surface area contributed by atoms with E-state index in [2.05, 4.69) is 14.9 Å². The van der Waals surface area contributed by atoms with Gasteiger partial charge in [-0.05, 0) is 48.6 Å². The van der Waals surface area contributed by atoms with Gasteiger partial charge in [-0.3, -0.25) is 19.2 Å².